The van der Waals surface area contributed by atoms with Crippen LogP contribution >= 0.6 is 12.6 Å². The molecule has 2 nitrogen and oxygen atoms in total. The summed E-state index contributed by atoms with van der Waals surface area (Å²) in [5.41, 5.74) is -0.0548. The average Bonchev–Trinajstić information content (AvgIpc) is 2.04. The summed E-state index contributed by atoms with van der Waals surface area (Å²) >= 11 is 4.18. The van der Waals surface area contributed by atoms with Gasteiger partial charge in [-0.1, -0.05) is 0 Å². The topological polar surface area (TPSA) is 32.9 Å². The number of hydrogen-bond donors (Lipinski definition) is 2. The van der Waals surface area contributed by atoms with Crippen LogP contribution in [-0.2, 0) is 0 Å². The van der Waals surface area contributed by atoms with E-state index in [0.29, 0.717) is 5.39 Å². The van der Waals surface area contributed by atoms with E-state index in [4.69, 9.17) is 0 Å². The molecule has 0 radical (unpaired) electrons. The third-order valence-electron chi connectivity index (χ3n) is 1.76. The molecule has 1 heterocycles. The molecule has 1 N–H and O–H groups in total. The van der Waals surface area contributed by atoms with E-state index in [1.807, 2.05) is 12.1 Å². The number of nitrogens with one attached hydrogen (secondary N) is 1. The molecule has 12 heavy (non-hydrogen) atoms. The second kappa shape index (κ2) is 2.68. The van der Waals surface area contributed by atoms with Crippen LogP contribution in [0.3, 0.4) is 0 Å². The minimum atomic E-state index is -0.0548. The van der Waals surface area contributed by atoms with E-state index >= 15 is 0 Å². The second-order valence-corrected chi connectivity index (χ2v) is 3.09. The highest BCUT2D eigenvalue weighted by molar-refractivity contribution is 7.80. The first-order valence-electron chi connectivity index (χ1n) is 3.58. The summed E-state index contributed by atoms with van der Waals surface area (Å²) < 4.78 is 0. The molecule has 3 heteroatoms. The number of H-pyrrole nitrogens is 1. The Morgan fingerprint density at radius 1 is 1.25 bits per heavy atom. The van der Waals surface area contributed by atoms with Gasteiger partial charge in [-0.25, -0.2) is 0 Å². The molecule has 0 fully saturated rings. The van der Waals surface area contributed by atoms with Crippen molar-refractivity contribution in [3.05, 3.63) is 40.8 Å². The summed E-state index contributed by atoms with van der Waals surface area (Å²) in [6.07, 6.45) is 1.64. The minimum Gasteiger partial charge on any atom is -0.329 e. The number of fused-ring (bicyclic) bond motifs is 1. The van der Waals surface area contributed by atoms with Crippen LogP contribution in [0.2, 0.25) is 0 Å². The molecule has 1 aromatic carbocycles. The molecule has 0 aliphatic heterocycles. The lowest BCUT2D eigenvalue weighted by Gasteiger charge is -1.95. The summed E-state index contributed by atoms with van der Waals surface area (Å²) in [5.74, 6) is 0. The number of rotatable bonds is 0. The zero-order valence-corrected chi connectivity index (χ0v) is 7.14. The van der Waals surface area contributed by atoms with E-state index in [2.05, 4.69) is 17.6 Å². The Balaban J connectivity index is 2.96. The van der Waals surface area contributed by atoms with E-state index in [1.165, 1.54) is 0 Å². The summed E-state index contributed by atoms with van der Waals surface area (Å²) in [7, 11) is 0. The summed E-state index contributed by atoms with van der Waals surface area (Å²) in [6.45, 7) is 0. The van der Waals surface area contributed by atoms with Crippen molar-refractivity contribution in [2.75, 3.05) is 0 Å². The molecule has 0 atom stereocenters. The molecule has 0 aliphatic rings. The van der Waals surface area contributed by atoms with Gasteiger partial charge in [0.25, 0.3) is 5.56 Å². The predicted octanol–water partition coefficient (Wildman–Crippen LogP) is 1.82. The molecule has 60 valence electrons. The lowest BCUT2D eigenvalue weighted by atomic mass is 10.2. The van der Waals surface area contributed by atoms with Crippen molar-refractivity contribution in [3.63, 3.8) is 0 Å². The first kappa shape index (κ1) is 7.43. The number of pyridine rings is 1. The Morgan fingerprint density at radius 3 is 2.92 bits per heavy atom. The minimum absolute atomic E-state index is 0.0548. The van der Waals surface area contributed by atoms with Crippen molar-refractivity contribution in [2.45, 2.75) is 4.90 Å². The molecular formula is C9H7NOS. The highest BCUT2D eigenvalue weighted by Gasteiger charge is 1.95. The molecule has 0 bridgehead atoms. The van der Waals surface area contributed by atoms with Crippen LogP contribution < -0.4 is 5.56 Å². The molecule has 0 unspecified atom stereocenters. The van der Waals surface area contributed by atoms with Crippen LogP contribution in [0.5, 0.6) is 0 Å². The van der Waals surface area contributed by atoms with Crippen molar-refractivity contribution >= 4 is 23.4 Å². The van der Waals surface area contributed by atoms with Gasteiger partial charge < -0.3 is 4.98 Å². The van der Waals surface area contributed by atoms with Gasteiger partial charge in [0.2, 0.25) is 0 Å². The smallest absolute Gasteiger partial charge is 0.255 e. The fraction of sp³-hybridized carbons (Fsp3) is 0. The third-order valence-corrected chi connectivity index (χ3v) is 2.04. The molecule has 2 rings (SSSR count). The predicted molar refractivity (Wildman–Crippen MR) is 51.8 cm³/mol. The van der Waals surface area contributed by atoms with E-state index in [1.54, 1.807) is 18.3 Å². The van der Waals surface area contributed by atoms with Gasteiger partial charge in [0, 0.05) is 16.5 Å². The SMILES string of the molecule is O=c1[nH]ccc2cc(S)ccc12. The van der Waals surface area contributed by atoms with Gasteiger partial charge in [-0.2, -0.15) is 0 Å². The fourth-order valence-corrected chi connectivity index (χ4v) is 1.39. The number of benzene rings is 1. The number of aromatic nitrogens is 1. The Morgan fingerprint density at radius 2 is 2.08 bits per heavy atom. The van der Waals surface area contributed by atoms with Crippen LogP contribution in [0.25, 0.3) is 10.8 Å². The molecule has 0 saturated heterocycles. The van der Waals surface area contributed by atoms with Crippen molar-refractivity contribution in [2.24, 2.45) is 0 Å². The van der Waals surface area contributed by atoms with E-state index in [-0.39, 0.29) is 5.56 Å². The highest BCUT2D eigenvalue weighted by atomic mass is 32.1. The molecule has 1 aromatic heterocycles. The van der Waals surface area contributed by atoms with E-state index in [0.717, 1.165) is 10.3 Å². The van der Waals surface area contributed by atoms with E-state index < -0.39 is 0 Å². The second-order valence-electron chi connectivity index (χ2n) is 2.58. The van der Waals surface area contributed by atoms with Gasteiger partial charge in [-0.05, 0) is 29.7 Å². The van der Waals surface area contributed by atoms with Gasteiger partial charge >= 0.3 is 0 Å². The van der Waals surface area contributed by atoms with Gasteiger partial charge in [0.05, 0.1) is 0 Å². The maximum Gasteiger partial charge on any atom is 0.255 e. The molecule has 0 spiro atoms. The Bertz CT molecular complexity index is 475. The molecular weight excluding hydrogens is 170 g/mol. The number of aromatic amines is 1. The van der Waals surface area contributed by atoms with Crippen molar-refractivity contribution in [3.8, 4) is 0 Å². The summed E-state index contributed by atoms with van der Waals surface area (Å²) in [4.78, 5) is 14.7. The standard InChI is InChI=1S/C9H7NOS/c11-9-8-2-1-7(12)5-6(8)3-4-10-9/h1-5,12H,(H,10,11). The lowest BCUT2D eigenvalue weighted by molar-refractivity contribution is 1.27. The fourth-order valence-electron chi connectivity index (χ4n) is 1.18. The maximum atomic E-state index is 11.2. The zero-order chi connectivity index (χ0) is 8.55. The summed E-state index contributed by atoms with van der Waals surface area (Å²) in [5, 5.41) is 1.63. The zero-order valence-electron chi connectivity index (χ0n) is 6.24. The largest absolute Gasteiger partial charge is 0.329 e. The van der Waals surface area contributed by atoms with Crippen molar-refractivity contribution in [1.29, 1.82) is 0 Å². The molecule has 0 saturated carbocycles. The summed E-state index contributed by atoms with van der Waals surface area (Å²) in [6, 6.07) is 7.31. The lowest BCUT2D eigenvalue weighted by Crippen LogP contribution is -2.03. The van der Waals surface area contributed by atoms with Gasteiger partial charge in [0.15, 0.2) is 0 Å². The van der Waals surface area contributed by atoms with Gasteiger partial charge in [-0.3, -0.25) is 4.79 Å². The third kappa shape index (κ3) is 1.12. The van der Waals surface area contributed by atoms with Crippen LogP contribution in [0.15, 0.2) is 40.2 Å². The maximum absolute atomic E-state index is 11.2. The first-order chi connectivity index (χ1) is 5.77. The van der Waals surface area contributed by atoms with Crippen LogP contribution in [0.4, 0.5) is 0 Å². The Hall–Kier alpha value is -1.22. The number of hydrogen-bond acceptors (Lipinski definition) is 2. The molecule has 2 aromatic rings. The molecule has 0 aliphatic carbocycles. The quantitative estimate of drug-likeness (QED) is 0.591. The monoisotopic (exact) mass is 177 g/mol. The van der Waals surface area contributed by atoms with Crippen molar-refractivity contribution in [1.82, 2.24) is 4.98 Å². The Kier molecular flexibility index (Phi) is 1.66. The number of thiol groups is 1. The van der Waals surface area contributed by atoms with Crippen LogP contribution in [-0.4, -0.2) is 4.98 Å². The first-order valence-corrected chi connectivity index (χ1v) is 4.02. The van der Waals surface area contributed by atoms with Crippen LogP contribution in [0.1, 0.15) is 0 Å². The van der Waals surface area contributed by atoms with Gasteiger partial charge in [0.1, 0.15) is 0 Å². The van der Waals surface area contributed by atoms with Gasteiger partial charge in [-0.15, -0.1) is 12.6 Å². The van der Waals surface area contributed by atoms with E-state index in [9.17, 15) is 4.79 Å². The average molecular weight is 177 g/mol. The Labute approximate surface area is 74.6 Å². The van der Waals surface area contributed by atoms with Crippen LogP contribution in [0, 0.1) is 0 Å². The molecule has 0 amide bonds. The van der Waals surface area contributed by atoms with Crippen molar-refractivity contribution < 1.29 is 0 Å². The normalized spacial score (nSPS) is 10.4. The highest BCUT2D eigenvalue weighted by Crippen LogP contribution is 2.13.